The number of halogens is 2. The highest BCUT2D eigenvalue weighted by Gasteiger charge is 2.42. The van der Waals surface area contributed by atoms with Crippen molar-refractivity contribution in [2.24, 2.45) is 0 Å². The van der Waals surface area contributed by atoms with Gasteiger partial charge < -0.3 is 14.9 Å². The molecule has 0 aliphatic rings. The van der Waals surface area contributed by atoms with Gasteiger partial charge in [0.25, 0.3) is 0 Å². The summed E-state index contributed by atoms with van der Waals surface area (Å²) in [6.07, 6.45) is -4.34. The summed E-state index contributed by atoms with van der Waals surface area (Å²) in [6.45, 7) is 0. The van der Waals surface area contributed by atoms with Gasteiger partial charge in [0.1, 0.15) is 11.5 Å². The van der Waals surface area contributed by atoms with E-state index in [-0.39, 0.29) is 22.8 Å². The molecule has 0 saturated heterocycles. The molecule has 2 aromatic rings. The van der Waals surface area contributed by atoms with E-state index in [9.17, 15) is 18.4 Å². The first-order valence-corrected chi connectivity index (χ1v) is 6.03. The third-order valence-corrected chi connectivity index (χ3v) is 2.74. The van der Waals surface area contributed by atoms with E-state index in [4.69, 9.17) is 10.2 Å². The molecule has 5 nitrogen and oxygen atoms in total. The average Bonchev–Trinajstić information content (AvgIpc) is 2.47. The van der Waals surface area contributed by atoms with Gasteiger partial charge in [-0.2, -0.15) is 8.78 Å². The molecular formula is C15H10F2O5. The summed E-state index contributed by atoms with van der Waals surface area (Å²) in [4.78, 5) is 22.4. The topological polar surface area (TPSA) is 83.8 Å². The monoisotopic (exact) mass is 308 g/mol. The molecule has 0 spiro atoms. The zero-order valence-corrected chi connectivity index (χ0v) is 11.0. The Kier molecular flexibility index (Phi) is 4.07. The number of carbonyl (C=O) groups excluding carboxylic acids is 1. The molecule has 114 valence electrons. The minimum atomic E-state index is -4.34. The Bertz CT molecular complexity index is 693. The lowest BCUT2D eigenvalue weighted by molar-refractivity contribution is -0.210. The van der Waals surface area contributed by atoms with Crippen molar-refractivity contribution >= 4 is 11.8 Å². The molecule has 2 N–H and O–H groups in total. The zero-order chi connectivity index (χ0) is 16.3. The van der Waals surface area contributed by atoms with Gasteiger partial charge in [-0.05, 0) is 48.5 Å². The van der Waals surface area contributed by atoms with Gasteiger partial charge >= 0.3 is 12.1 Å². The summed E-state index contributed by atoms with van der Waals surface area (Å²) in [5.41, 5.74) is 0.513. The molecule has 0 radical (unpaired) electrons. The van der Waals surface area contributed by atoms with Crippen LogP contribution in [0.5, 0.6) is 11.5 Å². The number of hydrogen-bond donors (Lipinski definition) is 2. The maximum atomic E-state index is 12.9. The number of ketones is 1. The summed E-state index contributed by atoms with van der Waals surface area (Å²) in [7, 11) is 0. The Morgan fingerprint density at radius 1 is 0.909 bits per heavy atom. The fourth-order valence-corrected chi connectivity index (χ4v) is 1.65. The molecule has 0 unspecified atom stereocenters. The standard InChI is InChI=1S/C15H10F2O5/c16-15(17,14(20)21)22-12-7-3-10(4-8-12)13(19)9-1-5-11(18)6-2-9/h1-8,18H,(H,20,21). The summed E-state index contributed by atoms with van der Waals surface area (Å²) in [6, 6.07) is 10.2. The van der Waals surface area contributed by atoms with Crippen molar-refractivity contribution in [1.29, 1.82) is 0 Å². The molecule has 0 atom stereocenters. The SMILES string of the molecule is O=C(c1ccc(O)cc1)c1ccc(OC(F)(F)C(=O)O)cc1. The highest BCUT2D eigenvalue weighted by molar-refractivity contribution is 6.09. The molecule has 0 aliphatic heterocycles. The van der Waals surface area contributed by atoms with Gasteiger partial charge in [-0.25, -0.2) is 4.79 Å². The van der Waals surface area contributed by atoms with Gasteiger partial charge in [0.15, 0.2) is 5.78 Å². The Labute approximate surface area is 123 Å². The van der Waals surface area contributed by atoms with Crippen molar-refractivity contribution in [2.45, 2.75) is 6.11 Å². The maximum Gasteiger partial charge on any atom is 0.501 e. The number of alkyl halides is 2. The number of benzene rings is 2. The lowest BCUT2D eigenvalue weighted by atomic mass is 10.0. The van der Waals surface area contributed by atoms with Gasteiger partial charge in [0, 0.05) is 11.1 Å². The van der Waals surface area contributed by atoms with Crippen LogP contribution in [0.3, 0.4) is 0 Å². The van der Waals surface area contributed by atoms with Gasteiger partial charge in [0.2, 0.25) is 0 Å². The van der Waals surface area contributed by atoms with Crippen LogP contribution in [0.4, 0.5) is 8.78 Å². The number of carboxylic acids is 1. The number of phenols is 1. The van der Waals surface area contributed by atoms with Crippen LogP contribution in [-0.4, -0.2) is 28.1 Å². The number of aliphatic carboxylic acids is 1. The number of carbonyl (C=O) groups is 2. The lowest BCUT2D eigenvalue weighted by Gasteiger charge is -2.13. The van der Waals surface area contributed by atoms with Crippen LogP contribution in [0.25, 0.3) is 0 Å². The normalized spacial score (nSPS) is 11.0. The summed E-state index contributed by atoms with van der Waals surface area (Å²) >= 11 is 0. The van der Waals surface area contributed by atoms with Crippen LogP contribution >= 0.6 is 0 Å². The number of ether oxygens (including phenoxy) is 1. The Hall–Kier alpha value is -2.96. The van der Waals surface area contributed by atoms with E-state index in [1.807, 2.05) is 0 Å². The molecule has 0 saturated carbocycles. The quantitative estimate of drug-likeness (QED) is 0.830. The fourth-order valence-electron chi connectivity index (χ4n) is 1.65. The van der Waals surface area contributed by atoms with Crippen molar-refractivity contribution in [3.63, 3.8) is 0 Å². The Morgan fingerprint density at radius 2 is 1.36 bits per heavy atom. The first kappa shape index (κ1) is 15.4. The van der Waals surface area contributed by atoms with E-state index in [1.165, 1.54) is 36.4 Å². The number of hydrogen-bond acceptors (Lipinski definition) is 4. The van der Waals surface area contributed by atoms with Gasteiger partial charge in [0.05, 0.1) is 0 Å². The van der Waals surface area contributed by atoms with Gasteiger partial charge in [-0.1, -0.05) is 0 Å². The smallest absolute Gasteiger partial charge is 0.501 e. The third-order valence-electron chi connectivity index (χ3n) is 2.74. The first-order valence-electron chi connectivity index (χ1n) is 6.03. The van der Waals surface area contributed by atoms with E-state index in [1.54, 1.807) is 0 Å². The molecule has 7 heteroatoms. The Balaban J connectivity index is 2.16. The molecule has 0 aromatic heterocycles. The summed E-state index contributed by atoms with van der Waals surface area (Å²) in [5, 5.41) is 17.4. The van der Waals surface area contributed by atoms with Crippen LogP contribution in [0.1, 0.15) is 15.9 Å². The van der Waals surface area contributed by atoms with Crippen molar-refractivity contribution < 1.29 is 33.3 Å². The summed E-state index contributed by atoms with van der Waals surface area (Å²) < 4.78 is 29.8. The second kappa shape index (κ2) is 5.80. The van der Waals surface area contributed by atoms with Crippen LogP contribution in [0.15, 0.2) is 48.5 Å². The molecule has 0 aliphatic carbocycles. The van der Waals surface area contributed by atoms with Crippen molar-refractivity contribution in [3.05, 3.63) is 59.7 Å². The second-order valence-corrected chi connectivity index (χ2v) is 4.32. The number of carboxylic acid groups (broad SMARTS) is 1. The van der Waals surface area contributed by atoms with E-state index < -0.39 is 12.1 Å². The molecule has 0 amide bonds. The van der Waals surface area contributed by atoms with E-state index in [2.05, 4.69) is 4.74 Å². The lowest BCUT2D eigenvalue weighted by Crippen LogP contribution is -2.34. The van der Waals surface area contributed by atoms with E-state index in [0.29, 0.717) is 5.56 Å². The minimum absolute atomic E-state index is 0.0104. The molecule has 2 rings (SSSR count). The fraction of sp³-hybridized carbons (Fsp3) is 0.0667. The van der Waals surface area contributed by atoms with E-state index >= 15 is 0 Å². The van der Waals surface area contributed by atoms with Crippen molar-refractivity contribution in [3.8, 4) is 11.5 Å². The first-order chi connectivity index (χ1) is 10.3. The largest absolute Gasteiger partial charge is 0.508 e. The molecule has 0 fully saturated rings. The highest BCUT2D eigenvalue weighted by atomic mass is 19.3. The van der Waals surface area contributed by atoms with Crippen LogP contribution in [-0.2, 0) is 4.79 Å². The van der Waals surface area contributed by atoms with Gasteiger partial charge in [-0.3, -0.25) is 4.79 Å². The molecule has 0 heterocycles. The van der Waals surface area contributed by atoms with Gasteiger partial charge in [-0.15, -0.1) is 0 Å². The second-order valence-electron chi connectivity index (χ2n) is 4.32. The minimum Gasteiger partial charge on any atom is -0.508 e. The molecule has 2 aromatic carbocycles. The van der Waals surface area contributed by atoms with Crippen LogP contribution in [0.2, 0.25) is 0 Å². The molecule has 0 bridgehead atoms. The molecule has 22 heavy (non-hydrogen) atoms. The predicted molar refractivity (Wildman–Crippen MR) is 71.2 cm³/mol. The zero-order valence-electron chi connectivity index (χ0n) is 11.0. The average molecular weight is 308 g/mol. The van der Waals surface area contributed by atoms with E-state index in [0.717, 1.165) is 12.1 Å². The number of aromatic hydroxyl groups is 1. The summed E-state index contributed by atoms with van der Waals surface area (Å²) in [5.74, 6) is -3.15. The number of phenolic OH excluding ortho intramolecular Hbond substituents is 1. The van der Waals surface area contributed by atoms with Crippen LogP contribution < -0.4 is 4.74 Å². The van der Waals surface area contributed by atoms with Crippen LogP contribution in [0, 0.1) is 0 Å². The number of rotatable bonds is 5. The van der Waals surface area contributed by atoms with Crippen molar-refractivity contribution in [2.75, 3.05) is 0 Å². The Morgan fingerprint density at radius 3 is 1.82 bits per heavy atom. The predicted octanol–water partition coefficient (Wildman–Crippen LogP) is 2.68. The molecular weight excluding hydrogens is 298 g/mol. The highest BCUT2D eigenvalue weighted by Crippen LogP contribution is 2.23. The maximum absolute atomic E-state index is 12.9. The third kappa shape index (κ3) is 3.38. The van der Waals surface area contributed by atoms with Crippen molar-refractivity contribution in [1.82, 2.24) is 0 Å².